The summed E-state index contributed by atoms with van der Waals surface area (Å²) >= 11 is 0. The largest absolute Gasteiger partial charge is 0.361 e. The highest BCUT2D eigenvalue weighted by atomic mass is 15.2. The van der Waals surface area contributed by atoms with Gasteiger partial charge in [-0.25, -0.2) is 4.98 Å². The first-order chi connectivity index (χ1) is 12.2. The van der Waals surface area contributed by atoms with E-state index in [0.29, 0.717) is 0 Å². The normalized spacial score (nSPS) is 15.5. The number of para-hydroxylation sites is 1. The molecule has 1 atom stereocenters. The minimum absolute atomic E-state index is 0.00000567. The number of rotatable bonds is 1. The van der Waals surface area contributed by atoms with Gasteiger partial charge in [-0.05, 0) is 66.9 Å². The van der Waals surface area contributed by atoms with Crippen molar-refractivity contribution in [3.05, 3.63) is 77.6 Å². The predicted octanol–water partition coefficient (Wildman–Crippen LogP) is 4.69. The molecule has 0 spiro atoms. The second-order valence-electron chi connectivity index (χ2n) is 6.60. The zero-order valence-electron chi connectivity index (χ0n) is 14.2. The summed E-state index contributed by atoms with van der Waals surface area (Å²) in [5.41, 5.74) is 8.16. The number of benzene rings is 2. The minimum Gasteiger partial charge on any atom is -0.361 e. The van der Waals surface area contributed by atoms with Crippen LogP contribution in [0.4, 0.5) is 5.69 Å². The molecule has 1 unspecified atom stereocenters. The molecule has 0 amide bonds. The molecule has 0 aliphatic carbocycles. The molecule has 0 radical (unpaired) electrons. The van der Waals surface area contributed by atoms with Gasteiger partial charge in [-0.15, -0.1) is 0 Å². The molecule has 1 aliphatic heterocycles. The minimum atomic E-state index is 0.00000567. The molecule has 1 aliphatic rings. The average molecular weight is 326 g/mol. The maximum absolute atomic E-state index is 4.98. The third-order valence-electron chi connectivity index (χ3n) is 5.05. The zero-order chi connectivity index (χ0) is 17.0. The van der Waals surface area contributed by atoms with Crippen molar-refractivity contribution in [3.63, 3.8) is 0 Å². The summed E-state index contributed by atoms with van der Waals surface area (Å²) in [5.74, 6) is 1.01. The molecule has 0 saturated carbocycles. The highest BCUT2D eigenvalue weighted by molar-refractivity contribution is 5.87. The predicted molar refractivity (Wildman–Crippen MR) is 101 cm³/mol. The smallest absolute Gasteiger partial charge is 0.145 e. The Kier molecular flexibility index (Phi) is 2.95. The summed E-state index contributed by atoms with van der Waals surface area (Å²) in [7, 11) is 0. The van der Waals surface area contributed by atoms with Crippen LogP contribution >= 0.6 is 0 Å². The fraction of sp³-hybridized carbons (Fsp3) is 0.143. The summed E-state index contributed by atoms with van der Waals surface area (Å²) in [5, 5.41) is 3.68. The Bertz CT molecular complexity index is 1100. The van der Waals surface area contributed by atoms with Crippen molar-refractivity contribution in [2.24, 2.45) is 0 Å². The average Bonchev–Trinajstić information content (AvgIpc) is 3.01. The van der Waals surface area contributed by atoms with Crippen LogP contribution in [0.3, 0.4) is 0 Å². The van der Waals surface area contributed by atoms with Crippen LogP contribution in [-0.2, 0) is 0 Å². The lowest BCUT2D eigenvalue weighted by atomic mass is 10.1. The van der Waals surface area contributed by atoms with Gasteiger partial charge in [0.05, 0.1) is 11.0 Å². The summed E-state index contributed by atoms with van der Waals surface area (Å²) in [6, 6.07) is 16.9. The number of hydrogen-bond acceptors (Lipinski definition) is 3. The van der Waals surface area contributed by atoms with Gasteiger partial charge in [0.2, 0.25) is 0 Å². The fourth-order valence-electron chi connectivity index (χ4n) is 3.60. The summed E-state index contributed by atoms with van der Waals surface area (Å²) in [6.07, 6.45) is 3.68. The lowest BCUT2D eigenvalue weighted by Gasteiger charge is -2.30. The lowest BCUT2D eigenvalue weighted by molar-refractivity contribution is 0.668. The highest BCUT2D eigenvalue weighted by Crippen LogP contribution is 2.40. The molecule has 4 heteroatoms. The number of hydrogen-bond donors (Lipinski definition) is 1. The molecule has 4 nitrogen and oxygen atoms in total. The standard InChI is InChI=1S/C21H18N4/c1-13-11-18-19(12-14(13)2)25-20(15-7-9-22-10-8-15)23-17-6-4-3-5-16(17)21(25)24-18/h3-12,20,23H,1-2H3. The van der Waals surface area contributed by atoms with Gasteiger partial charge in [0.15, 0.2) is 0 Å². The fourth-order valence-corrected chi connectivity index (χ4v) is 3.60. The topological polar surface area (TPSA) is 42.7 Å². The number of aryl methyl sites for hydroxylation is 2. The van der Waals surface area contributed by atoms with Gasteiger partial charge in [-0.1, -0.05) is 12.1 Å². The molecule has 0 bridgehead atoms. The van der Waals surface area contributed by atoms with Crippen LogP contribution in [0.1, 0.15) is 22.9 Å². The van der Waals surface area contributed by atoms with Crippen LogP contribution < -0.4 is 5.32 Å². The summed E-state index contributed by atoms with van der Waals surface area (Å²) < 4.78 is 2.30. The zero-order valence-corrected chi connectivity index (χ0v) is 14.2. The van der Waals surface area contributed by atoms with E-state index in [1.165, 1.54) is 16.7 Å². The van der Waals surface area contributed by atoms with Gasteiger partial charge < -0.3 is 5.32 Å². The summed E-state index contributed by atoms with van der Waals surface area (Å²) in [6.45, 7) is 4.29. The van der Waals surface area contributed by atoms with Crippen molar-refractivity contribution >= 4 is 16.7 Å². The van der Waals surface area contributed by atoms with Crippen molar-refractivity contribution in [1.29, 1.82) is 0 Å². The van der Waals surface area contributed by atoms with Crippen molar-refractivity contribution in [2.45, 2.75) is 20.0 Å². The number of imidazole rings is 1. The van der Waals surface area contributed by atoms with Crippen molar-refractivity contribution in [3.8, 4) is 11.4 Å². The van der Waals surface area contributed by atoms with Crippen LogP contribution in [-0.4, -0.2) is 14.5 Å². The Labute approximate surface area is 146 Å². The monoisotopic (exact) mass is 326 g/mol. The molecular weight excluding hydrogens is 308 g/mol. The Morgan fingerprint density at radius 1 is 0.960 bits per heavy atom. The van der Waals surface area contributed by atoms with Crippen molar-refractivity contribution in [2.75, 3.05) is 5.32 Å². The quantitative estimate of drug-likeness (QED) is 0.552. The number of aromatic nitrogens is 3. The molecule has 0 saturated heterocycles. The van der Waals surface area contributed by atoms with Gasteiger partial charge in [0, 0.05) is 23.6 Å². The van der Waals surface area contributed by atoms with Crippen molar-refractivity contribution < 1.29 is 0 Å². The van der Waals surface area contributed by atoms with E-state index in [1.807, 2.05) is 12.4 Å². The Morgan fingerprint density at radius 2 is 1.72 bits per heavy atom. The van der Waals surface area contributed by atoms with E-state index in [9.17, 15) is 0 Å². The maximum Gasteiger partial charge on any atom is 0.145 e. The number of pyridine rings is 1. The first kappa shape index (κ1) is 14.2. The second kappa shape index (κ2) is 5.18. The van der Waals surface area contributed by atoms with Gasteiger partial charge in [0.1, 0.15) is 12.0 Å². The number of fused-ring (bicyclic) bond motifs is 5. The lowest BCUT2D eigenvalue weighted by Crippen LogP contribution is -2.24. The molecule has 2 aromatic heterocycles. The van der Waals surface area contributed by atoms with Gasteiger partial charge in [0.25, 0.3) is 0 Å². The van der Waals surface area contributed by atoms with Gasteiger partial charge in [-0.3, -0.25) is 9.55 Å². The summed E-state index contributed by atoms with van der Waals surface area (Å²) in [4.78, 5) is 9.14. The number of nitrogens with zero attached hydrogens (tertiary/aromatic N) is 3. The van der Waals surface area contributed by atoms with Crippen LogP contribution in [0.2, 0.25) is 0 Å². The third-order valence-corrected chi connectivity index (χ3v) is 5.05. The molecule has 2 aromatic carbocycles. The molecule has 0 fully saturated rings. The van der Waals surface area contributed by atoms with Crippen LogP contribution in [0.5, 0.6) is 0 Å². The van der Waals surface area contributed by atoms with Crippen molar-refractivity contribution in [1.82, 2.24) is 14.5 Å². The molecule has 1 N–H and O–H groups in total. The number of anilines is 1. The van der Waals surface area contributed by atoms with Crippen LogP contribution in [0.25, 0.3) is 22.4 Å². The van der Waals surface area contributed by atoms with E-state index in [1.54, 1.807) is 0 Å². The maximum atomic E-state index is 4.98. The van der Waals surface area contributed by atoms with Crippen LogP contribution in [0.15, 0.2) is 60.9 Å². The Morgan fingerprint density at radius 3 is 2.56 bits per heavy atom. The van der Waals surface area contributed by atoms with E-state index >= 15 is 0 Å². The SMILES string of the molecule is Cc1cc2nc3n(c2cc1C)C(c1ccncc1)Nc1ccccc1-3. The van der Waals surface area contributed by atoms with Crippen LogP contribution in [0, 0.1) is 13.8 Å². The van der Waals surface area contributed by atoms with E-state index in [0.717, 1.165) is 28.1 Å². The molecular formula is C21H18N4. The molecule has 25 heavy (non-hydrogen) atoms. The van der Waals surface area contributed by atoms with E-state index in [-0.39, 0.29) is 6.17 Å². The first-order valence-electron chi connectivity index (χ1n) is 8.47. The third kappa shape index (κ3) is 2.07. The highest BCUT2D eigenvalue weighted by Gasteiger charge is 2.28. The van der Waals surface area contributed by atoms with E-state index in [2.05, 4.69) is 77.2 Å². The van der Waals surface area contributed by atoms with E-state index in [4.69, 9.17) is 4.98 Å². The molecule has 3 heterocycles. The van der Waals surface area contributed by atoms with Gasteiger partial charge in [-0.2, -0.15) is 0 Å². The molecule has 122 valence electrons. The second-order valence-corrected chi connectivity index (χ2v) is 6.60. The first-order valence-corrected chi connectivity index (χ1v) is 8.47. The van der Waals surface area contributed by atoms with Gasteiger partial charge >= 0.3 is 0 Å². The Hall–Kier alpha value is -3.14. The molecule has 4 aromatic rings. The number of nitrogens with one attached hydrogen (secondary N) is 1. The Balaban J connectivity index is 1.86. The molecule has 5 rings (SSSR count). The van der Waals surface area contributed by atoms with E-state index < -0.39 is 0 Å².